The number of para-hydroxylation sites is 2. The van der Waals surface area contributed by atoms with Gasteiger partial charge in [-0.3, -0.25) is 4.79 Å². The number of carbonyl (C=O) groups is 1. The van der Waals surface area contributed by atoms with Crippen LogP contribution in [0.2, 0.25) is 0 Å². The van der Waals surface area contributed by atoms with Crippen molar-refractivity contribution in [3.63, 3.8) is 0 Å². The molecule has 166 valence electrons. The summed E-state index contributed by atoms with van der Waals surface area (Å²) in [7, 11) is 4.85. The number of amides is 1. The van der Waals surface area contributed by atoms with Crippen LogP contribution in [0.5, 0.6) is 11.5 Å². The van der Waals surface area contributed by atoms with E-state index in [1.165, 1.54) is 0 Å². The molecule has 0 saturated carbocycles. The first-order valence-corrected chi connectivity index (χ1v) is 10.6. The SMILES string of the molecule is COCCn1c(CCCCCNC(=O)c2ccc(OC)c(OC)c2)nc2ccccc21. The second-order valence-electron chi connectivity index (χ2n) is 7.30. The van der Waals surface area contributed by atoms with Crippen LogP contribution >= 0.6 is 0 Å². The number of aryl methyl sites for hydroxylation is 1. The Morgan fingerprint density at radius 2 is 1.81 bits per heavy atom. The first kappa shape index (κ1) is 22.6. The van der Waals surface area contributed by atoms with Crippen molar-refractivity contribution in [2.24, 2.45) is 0 Å². The molecule has 2 aromatic carbocycles. The van der Waals surface area contributed by atoms with Crippen molar-refractivity contribution in [3.8, 4) is 11.5 Å². The van der Waals surface area contributed by atoms with Gasteiger partial charge in [0.1, 0.15) is 5.82 Å². The summed E-state index contributed by atoms with van der Waals surface area (Å²) in [6.45, 7) is 2.09. The molecule has 0 aliphatic rings. The van der Waals surface area contributed by atoms with Gasteiger partial charge in [0, 0.05) is 32.2 Å². The lowest BCUT2D eigenvalue weighted by Crippen LogP contribution is -2.24. The van der Waals surface area contributed by atoms with Gasteiger partial charge in [-0.25, -0.2) is 4.98 Å². The molecule has 1 heterocycles. The number of fused-ring (bicyclic) bond motifs is 1. The molecule has 0 spiro atoms. The van der Waals surface area contributed by atoms with Crippen LogP contribution < -0.4 is 14.8 Å². The van der Waals surface area contributed by atoms with E-state index in [2.05, 4.69) is 16.0 Å². The molecule has 0 unspecified atom stereocenters. The fraction of sp³-hybridized carbons (Fsp3) is 0.417. The smallest absolute Gasteiger partial charge is 0.251 e. The highest BCUT2D eigenvalue weighted by atomic mass is 16.5. The molecule has 0 aliphatic carbocycles. The molecule has 1 amide bonds. The van der Waals surface area contributed by atoms with Gasteiger partial charge in [-0.2, -0.15) is 0 Å². The lowest BCUT2D eigenvalue weighted by molar-refractivity contribution is 0.0952. The van der Waals surface area contributed by atoms with Crippen LogP contribution in [-0.4, -0.2) is 49.9 Å². The average molecular weight is 426 g/mol. The summed E-state index contributed by atoms with van der Waals surface area (Å²) in [4.78, 5) is 17.2. The van der Waals surface area contributed by atoms with E-state index in [0.717, 1.165) is 49.1 Å². The van der Waals surface area contributed by atoms with Crippen LogP contribution in [0.15, 0.2) is 42.5 Å². The van der Waals surface area contributed by atoms with E-state index < -0.39 is 0 Å². The Bertz CT molecular complexity index is 1000. The number of unbranched alkanes of at least 4 members (excludes halogenated alkanes) is 2. The van der Waals surface area contributed by atoms with Crippen molar-refractivity contribution in [2.75, 3.05) is 34.5 Å². The third kappa shape index (κ3) is 5.76. The molecule has 0 atom stereocenters. The Hall–Kier alpha value is -3.06. The molecule has 0 aliphatic heterocycles. The van der Waals surface area contributed by atoms with Crippen LogP contribution in [-0.2, 0) is 17.7 Å². The minimum absolute atomic E-state index is 0.109. The number of benzene rings is 2. The zero-order chi connectivity index (χ0) is 22.1. The number of nitrogens with zero attached hydrogens (tertiary/aromatic N) is 2. The summed E-state index contributed by atoms with van der Waals surface area (Å²) in [6.07, 6.45) is 3.85. The summed E-state index contributed by atoms with van der Waals surface area (Å²) >= 11 is 0. The Morgan fingerprint density at radius 1 is 1.00 bits per heavy atom. The van der Waals surface area contributed by atoms with Crippen molar-refractivity contribution < 1.29 is 19.0 Å². The largest absolute Gasteiger partial charge is 0.493 e. The summed E-state index contributed by atoms with van der Waals surface area (Å²) in [5.41, 5.74) is 2.73. The first-order chi connectivity index (χ1) is 15.2. The fourth-order valence-corrected chi connectivity index (χ4v) is 3.61. The van der Waals surface area contributed by atoms with Crippen molar-refractivity contribution in [3.05, 3.63) is 53.9 Å². The normalized spacial score (nSPS) is 10.9. The summed E-state index contributed by atoms with van der Waals surface area (Å²) in [6, 6.07) is 13.4. The molecule has 7 heteroatoms. The number of nitrogens with one attached hydrogen (secondary N) is 1. The van der Waals surface area contributed by atoms with E-state index in [4.69, 9.17) is 19.2 Å². The molecule has 3 rings (SSSR count). The number of carbonyl (C=O) groups excluding carboxylic acids is 1. The molecule has 31 heavy (non-hydrogen) atoms. The van der Waals surface area contributed by atoms with Gasteiger partial charge in [0.25, 0.3) is 5.91 Å². The zero-order valence-corrected chi connectivity index (χ0v) is 18.5. The van der Waals surface area contributed by atoms with Crippen LogP contribution in [0.3, 0.4) is 0 Å². The second-order valence-corrected chi connectivity index (χ2v) is 7.30. The average Bonchev–Trinajstić information content (AvgIpc) is 3.16. The highest BCUT2D eigenvalue weighted by Crippen LogP contribution is 2.27. The Labute approximate surface area is 183 Å². The summed E-state index contributed by atoms with van der Waals surface area (Å²) < 4.78 is 18.0. The number of imidazole rings is 1. The highest BCUT2D eigenvalue weighted by molar-refractivity contribution is 5.94. The Kier molecular flexibility index (Phi) is 8.29. The highest BCUT2D eigenvalue weighted by Gasteiger charge is 2.11. The minimum Gasteiger partial charge on any atom is -0.493 e. The van der Waals surface area contributed by atoms with Crippen molar-refractivity contribution in [1.29, 1.82) is 0 Å². The monoisotopic (exact) mass is 425 g/mol. The molecular weight excluding hydrogens is 394 g/mol. The maximum Gasteiger partial charge on any atom is 0.251 e. The van der Waals surface area contributed by atoms with E-state index in [-0.39, 0.29) is 5.91 Å². The van der Waals surface area contributed by atoms with Crippen molar-refractivity contribution >= 4 is 16.9 Å². The quantitative estimate of drug-likeness (QED) is 0.446. The predicted octanol–water partition coefficient (Wildman–Crippen LogP) is 3.84. The fourth-order valence-electron chi connectivity index (χ4n) is 3.61. The second kappa shape index (κ2) is 11.4. The molecule has 0 bridgehead atoms. The van der Waals surface area contributed by atoms with E-state index in [9.17, 15) is 4.79 Å². The van der Waals surface area contributed by atoms with Gasteiger partial charge in [-0.1, -0.05) is 18.6 Å². The number of hydrogen-bond acceptors (Lipinski definition) is 5. The topological polar surface area (TPSA) is 74.6 Å². The molecule has 0 radical (unpaired) electrons. The standard InChI is InChI=1S/C24H31N3O4/c1-29-16-15-27-20-10-7-6-9-19(20)26-23(27)11-5-4-8-14-25-24(28)18-12-13-21(30-2)22(17-18)31-3/h6-7,9-10,12-13,17H,4-5,8,11,14-16H2,1-3H3,(H,25,28). The first-order valence-electron chi connectivity index (χ1n) is 10.6. The molecule has 0 fully saturated rings. The van der Waals surface area contributed by atoms with Gasteiger partial charge in [0.15, 0.2) is 11.5 Å². The van der Waals surface area contributed by atoms with E-state index in [1.54, 1.807) is 39.5 Å². The molecule has 1 N–H and O–H groups in total. The molecule has 1 aromatic heterocycles. The van der Waals surface area contributed by atoms with E-state index >= 15 is 0 Å². The predicted molar refractivity (Wildman–Crippen MR) is 121 cm³/mol. The molecule has 3 aromatic rings. The Balaban J connectivity index is 1.46. The number of methoxy groups -OCH3 is 3. The Morgan fingerprint density at radius 3 is 2.58 bits per heavy atom. The third-order valence-electron chi connectivity index (χ3n) is 5.26. The molecule has 7 nitrogen and oxygen atoms in total. The maximum absolute atomic E-state index is 12.4. The van der Waals surface area contributed by atoms with Gasteiger partial charge in [0.2, 0.25) is 0 Å². The van der Waals surface area contributed by atoms with Gasteiger partial charge in [0.05, 0.1) is 31.9 Å². The van der Waals surface area contributed by atoms with E-state index in [1.807, 2.05) is 18.2 Å². The van der Waals surface area contributed by atoms with Crippen LogP contribution in [0.1, 0.15) is 35.4 Å². The number of aromatic nitrogens is 2. The van der Waals surface area contributed by atoms with Gasteiger partial charge >= 0.3 is 0 Å². The number of ether oxygens (including phenoxy) is 3. The van der Waals surface area contributed by atoms with Crippen molar-refractivity contribution in [1.82, 2.24) is 14.9 Å². The minimum atomic E-state index is -0.109. The molecular formula is C24H31N3O4. The summed E-state index contributed by atoms with van der Waals surface area (Å²) in [5, 5.41) is 2.97. The van der Waals surface area contributed by atoms with Crippen LogP contribution in [0, 0.1) is 0 Å². The lowest BCUT2D eigenvalue weighted by Gasteiger charge is -2.10. The lowest BCUT2D eigenvalue weighted by atomic mass is 10.1. The maximum atomic E-state index is 12.4. The van der Waals surface area contributed by atoms with Gasteiger partial charge in [-0.05, 0) is 43.2 Å². The van der Waals surface area contributed by atoms with Gasteiger partial charge in [-0.15, -0.1) is 0 Å². The number of rotatable bonds is 12. The summed E-state index contributed by atoms with van der Waals surface area (Å²) in [5.74, 6) is 2.14. The zero-order valence-electron chi connectivity index (χ0n) is 18.5. The van der Waals surface area contributed by atoms with Gasteiger partial charge < -0.3 is 24.1 Å². The van der Waals surface area contributed by atoms with Crippen LogP contribution in [0.4, 0.5) is 0 Å². The molecule has 0 saturated heterocycles. The number of hydrogen-bond donors (Lipinski definition) is 1. The third-order valence-corrected chi connectivity index (χ3v) is 5.26. The van der Waals surface area contributed by atoms with Crippen molar-refractivity contribution in [2.45, 2.75) is 32.2 Å². The van der Waals surface area contributed by atoms with Crippen LogP contribution in [0.25, 0.3) is 11.0 Å². The van der Waals surface area contributed by atoms with E-state index in [0.29, 0.717) is 30.2 Å².